The van der Waals surface area contributed by atoms with Crippen molar-refractivity contribution in [1.82, 2.24) is 9.80 Å². The van der Waals surface area contributed by atoms with Crippen molar-refractivity contribution in [3.05, 3.63) is 95.6 Å². The van der Waals surface area contributed by atoms with Crippen molar-refractivity contribution in [3.8, 4) is 0 Å². The van der Waals surface area contributed by atoms with E-state index in [4.69, 9.17) is 0 Å². The van der Waals surface area contributed by atoms with Crippen molar-refractivity contribution < 1.29 is 9.59 Å². The fourth-order valence-corrected chi connectivity index (χ4v) is 5.56. The Kier molecular flexibility index (Phi) is 8.84. The Balaban J connectivity index is 1.27. The third kappa shape index (κ3) is 7.30. The lowest BCUT2D eigenvalue weighted by Gasteiger charge is -2.20. The van der Waals surface area contributed by atoms with Crippen LogP contribution in [-0.4, -0.2) is 60.9 Å². The van der Waals surface area contributed by atoms with Crippen LogP contribution in [0, 0.1) is 0 Å². The highest BCUT2D eigenvalue weighted by atomic mass is 16.2. The summed E-state index contributed by atoms with van der Waals surface area (Å²) in [6.45, 7) is 4.95. The SMILES string of the molecule is O=C(CN1CCCC1)Nc1ccc(C(Cc2ccccc2)c2ccc(NC(=O)CN3CCCC3)cc2)cc1. The minimum Gasteiger partial charge on any atom is -0.325 e. The van der Waals surface area contributed by atoms with Crippen molar-refractivity contribution in [1.29, 1.82) is 0 Å². The maximum absolute atomic E-state index is 12.5. The summed E-state index contributed by atoms with van der Waals surface area (Å²) in [6.07, 6.45) is 5.57. The number of anilines is 2. The maximum Gasteiger partial charge on any atom is 0.238 e. The predicted molar refractivity (Wildman–Crippen MR) is 153 cm³/mol. The second-order valence-electron chi connectivity index (χ2n) is 10.5. The summed E-state index contributed by atoms with van der Waals surface area (Å²) in [5.41, 5.74) is 5.30. The summed E-state index contributed by atoms with van der Waals surface area (Å²) in [6, 6.07) is 27.0. The summed E-state index contributed by atoms with van der Waals surface area (Å²) in [5.74, 6) is 0.242. The first-order valence-electron chi connectivity index (χ1n) is 13.9. The quantitative estimate of drug-likeness (QED) is 0.397. The Morgan fingerprint density at radius 3 is 1.45 bits per heavy atom. The van der Waals surface area contributed by atoms with E-state index in [2.05, 4.69) is 69.0 Å². The Morgan fingerprint density at radius 2 is 1.03 bits per heavy atom. The van der Waals surface area contributed by atoms with Gasteiger partial charge in [0.05, 0.1) is 13.1 Å². The van der Waals surface area contributed by atoms with E-state index in [-0.39, 0.29) is 17.7 Å². The van der Waals surface area contributed by atoms with Crippen molar-refractivity contribution >= 4 is 23.2 Å². The molecule has 2 heterocycles. The van der Waals surface area contributed by atoms with Crippen LogP contribution in [0.4, 0.5) is 11.4 Å². The fraction of sp³-hybridized carbons (Fsp3) is 0.375. The van der Waals surface area contributed by atoms with E-state index >= 15 is 0 Å². The fourth-order valence-electron chi connectivity index (χ4n) is 5.56. The van der Waals surface area contributed by atoms with E-state index in [1.54, 1.807) is 0 Å². The summed E-state index contributed by atoms with van der Waals surface area (Å²) in [4.78, 5) is 29.4. The van der Waals surface area contributed by atoms with Gasteiger partial charge in [-0.25, -0.2) is 0 Å². The van der Waals surface area contributed by atoms with Crippen LogP contribution in [0.15, 0.2) is 78.9 Å². The van der Waals surface area contributed by atoms with E-state index in [9.17, 15) is 9.59 Å². The minimum atomic E-state index is 0.0443. The Labute approximate surface area is 226 Å². The van der Waals surface area contributed by atoms with E-state index in [1.807, 2.05) is 30.3 Å². The molecule has 2 saturated heterocycles. The number of likely N-dealkylation sites (tertiary alicyclic amines) is 2. The van der Waals surface area contributed by atoms with Crippen molar-refractivity contribution in [3.63, 3.8) is 0 Å². The van der Waals surface area contributed by atoms with Crippen LogP contribution < -0.4 is 10.6 Å². The molecule has 38 heavy (non-hydrogen) atoms. The number of benzene rings is 3. The number of nitrogens with one attached hydrogen (secondary N) is 2. The third-order valence-electron chi connectivity index (χ3n) is 7.61. The van der Waals surface area contributed by atoms with Crippen LogP contribution in [0.3, 0.4) is 0 Å². The normalized spacial score (nSPS) is 16.1. The molecule has 5 rings (SSSR count). The van der Waals surface area contributed by atoms with Crippen LogP contribution >= 0.6 is 0 Å². The average Bonchev–Trinajstić information content (AvgIpc) is 3.64. The molecule has 6 heteroatoms. The number of hydrogen-bond donors (Lipinski definition) is 2. The second-order valence-corrected chi connectivity index (χ2v) is 10.5. The smallest absolute Gasteiger partial charge is 0.238 e. The summed E-state index contributed by atoms with van der Waals surface area (Å²) in [5, 5.41) is 6.10. The molecule has 0 atom stereocenters. The zero-order valence-electron chi connectivity index (χ0n) is 22.1. The Bertz CT molecular complexity index is 1110. The molecular weight excluding hydrogens is 472 g/mol. The molecule has 0 unspecified atom stereocenters. The van der Waals surface area contributed by atoms with Crippen LogP contribution in [-0.2, 0) is 16.0 Å². The van der Waals surface area contributed by atoms with Gasteiger partial charge in [0.25, 0.3) is 0 Å². The van der Waals surface area contributed by atoms with Gasteiger partial charge in [0.2, 0.25) is 11.8 Å². The second kappa shape index (κ2) is 12.9. The van der Waals surface area contributed by atoms with Gasteiger partial charge in [0.1, 0.15) is 0 Å². The first-order valence-corrected chi connectivity index (χ1v) is 13.9. The molecule has 198 valence electrons. The summed E-state index contributed by atoms with van der Waals surface area (Å²) < 4.78 is 0. The molecule has 2 aliphatic heterocycles. The van der Waals surface area contributed by atoms with Gasteiger partial charge in [0.15, 0.2) is 0 Å². The van der Waals surface area contributed by atoms with Crippen LogP contribution in [0.25, 0.3) is 0 Å². The maximum atomic E-state index is 12.5. The predicted octanol–water partition coefficient (Wildman–Crippen LogP) is 5.13. The number of carbonyl (C=O) groups is 2. The molecule has 0 radical (unpaired) electrons. The van der Waals surface area contributed by atoms with Gasteiger partial charge < -0.3 is 10.6 Å². The zero-order valence-corrected chi connectivity index (χ0v) is 22.1. The molecule has 0 saturated carbocycles. The molecule has 0 aliphatic carbocycles. The van der Waals surface area contributed by atoms with Crippen LogP contribution in [0.5, 0.6) is 0 Å². The minimum absolute atomic E-state index is 0.0443. The molecule has 0 aromatic heterocycles. The highest BCUT2D eigenvalue weighted by Gasteiger charge is 2.18. The topological polar surface area (TPSA) is 64.7 Å². The van der Waals surface area contributed by atoms with Crippen LogP contribution in [0.2, 0.25) is 0 Å². The molecule has 2 N–H and O–H groups in total. The van der Waals surface area contributed by atoms with Crippen LogP contribution in [0.1, 0.15) is 48.3 Å². The number of rotatable bonds is 10. The van der Waals surface area contributed by atoms with Gasteiger partial charge in [-0.1, -0.05) is 54.6 Å². The first kappa shape index (κ1) is 26.1. The van der Waals surface area contributed by atoms with E-state index in [0.29, 0.717) is 13.1 Å². The lowest BCUT2D eigenvalue weighted by Crippen LogP contribution is -2.30. The molecule has 2 fully saturated rings. The molecule has 3 aromatic carbocycles. The Hall–Kier alpha value is -3.48. The van der Waals surface area contributed by atoms with E-state index < -0.39 is 0 Å². The van der Waals surface area contributed by atoms with Gasteiger partial charge in [-0.15, -0.1) is 0 Å². The molecule has 2 aliphatic rings. The van der Waals surface area contributed by atoms with Gasteiger partial charge in [0, 0.05) is 17.3 Å². The number of amides is 2. The molecule has 3 aromatic rings. The van der Waals surface area contributed by atoms with Gasteiger partial charge in [-0.2, -0.15) is 0 Å². The van der Waals surface area contributed by atoms with Crippen molar-refractivity contribution in [2.24, 2.45) is 0 Å². The van der Waals surface area contributed by atoms with Crippen molar-refractivity contribution in [2.75, 3.05) is 49.9 Å². The third-order valence-corrected chi connectivity index (χ3v) is 7.61. The summed E-state index contributed by atoms with van der Waals surface area (Å²) in [7, 11) is 0. The van der Waals surface area contributed by atoms with E-state index in [1.165, 1.54) is 42.4 Å². The lowest BCUT2D eigenvalue weighted by atomic mass is 9.86. The average molecular weight is 511 g/mol. The molecular formula is C32H38N4O2. The Morgan fingerprint density at radius 1 is 0.605 bits per heavy atom. The molecule has 0 bridgehead atoms. The monoisotopic (exact) mass is 510 g/mol. The molecule has 0 spiro atoms. The van der Waals surface area contributed by atoms with Crippen molar-refractivity contribution in [2.45, 2.75) is 38.0 Å². The summed E-state index contributed by atoms with van der Waals surface area (Å²) >= 11 is 0. The van der Waals surface area contributed by atoms with Gasteiger partial charge in [-0.3, -0.25) is 19.4 Å². The highest BCUT2D eigenvalue weighted by molar-refractivity contribution is 5.92. The van der Waals surface area contributed by atoms with Gasteiger partial charge >= 0.3 is 0 Å². The number of hydrogen-bond acceptors (Lipinski definition) is 4. The first-order chi connectivity index (χ1) is 18.6. The van der Waals surface area contributed by atoms with Gasteiger partial charge in [-0.05, 0) is 99.2 Å². The number of nitrogens with zero attached hydrogens (tertiary/aromatic N) is 2. The number of carbonyl (C=O) groups excluding carboxylic acids is 2. The lowest BCUT2D eigenvalue weighted by molar-refractivity contribution is -0.117. The molecule has 2 amide bonds. The zero-order chi connectivity index (χ0) is 26.2. The largest absolute Gasteiger partial charge is 0.325 e. The molecule has 6 nitrogen and oxygen atoms in total. The standard InChI is InChI=1S/C32H38N4O2/c37-31(23-35-18-4-5-19-35)33-28-14-10-26(11-15-28)30(22-25-8-2-1-3-9-25)27-12-16-29(17-13-27)34-32(38)24-36-20-6-7-21-36/h1-3,8-17,30H,4-7,18-24H2,(H,33,37)(H,34,38). The van der Waals surface area contributed by atoms with E-state index in [0.717, 1.165) is 44.0 Å². The highest BCUT2D eigenvalue weighted by Crippen LogP contribution is 2.30.